The fraction of sp³-hybridized carbons (Fsp3) is 0.500. The molecule has 1 aromatic rings. The van der Waals surface area contributed by atoms with E-state index in [0.717, 1.165) is 5.56 Å². The van der Waals surface area contributed by atoms with Gasteiger partial charge >= 0.3 is 0 Å². The van der Waals surface area contributed by atoms with Gasteiger partial charge in [0.15, 0.2) is 0 Å². The van der Waals surface area contributed by atoms with Crippen LogP contribution in [0, 0.1) is 0 Å². The summed E-state index contributed by atoms with van der Waals surface area (Å²) in [7, 11) is 1.55. The highest BCUT2D eigenvalue weighted by molar-refractivity contribution is 6.34. The minimum absolute atomic E-state index is 0.118. The Balaban J connectivity index is 3.20. The maximum absolute atomic E-state index is 9.02. The van der Waals surface area contributed by atoms with E-state index in [1.54, 1.807) is 19.2 Å². The molecule has 90 valence electrons. The summed E-state index contributed by atoms with van der Waals surface area (Å²) < 4.78 is 5.09. The van der Waals surface area contributed by atoms with E-state index in [1.165, 1.54) is 0 Å². The van der Waals surface area contributed by atoms with E-state index >= 15 is 0 Å². The molecule has 0 aliphatic rings. The van der Waals surface area contributed by atoms with Crippen molar-refractivity contribution in [1.82, 2.24) is 0 Å². The first-order valence-electron chi connectivity index (χ1n) is 5.06. The minimum atomic E-state index is -0.207. The van der Waals surface area contributed by atoms with E-state index in [1.807, 2.05) is 13.8 Å². The summed E-state index contributed by atoms with van der Waals surface area (Å²) in [6.45, 7) is 4.16. The lowest BCUT2D eigenvalue weighted by Crippen LogP contribution is -2.19. The van der Waals surface area contributed by atoms with Crippen molar-refractivity contribution in [2.75, 3.05) is 13.7 Å². The molecule has 16 heavy (non-hydrogen) atoms. The summed E-state index contributed by atoms with van der Waals surface area (Å²) in [5.74, 6) is 0.565. The van der Waals surface area contributed by atoms with E-state index in [-0.39, 0.29) is 12.0 Å². The Hall–Kier alpha value is -0.440. The molecule has 4 heteroatoms. The van der Waals surface area contributed by atoms with Crippen LogP contribution in [0.5, 0.6) is 5.75 Å². The molecule has 0 radical (unpaired) electrons. The van der Waals surface area contributed by atoms with Crippen molar-refractivity contribution in [1.29, 1.82) is 0 Å². The van der Waals surface area contributed by atoms with Crippen LogP contribution < -0.4 is 4.74 Å². The Morgan fingerprint density at radius 2 is 1.88 bits per heavy atom. The second-order valence-corrected chi connectivity index (χ2v) is 5.14. The number of aliphatic hydroxyl groups is 1. The van der Waals surface area contributed by atoms with Crippen LogP contribution in [0.4, 0.5) is 0 Å². The van der Waals surface area contributed by atoms with Crippen LogP contribution in [0.1, 0.15) is 25.8 Å². The van der Waals surface area contributed by atoms with E-state index in [0.29, 0.717) is 22.2 Å². The fourth-order valence-electron chi connectivity index (χ4n) is 1.62. The smallest absolute Gasteiger partial charge is 0.138 e. The first kappa shape index (κ1) is 13.6. The van der Waals surface area contributed by atoms with Gasteiger partial charge in [-0.2, -0.15) is 0 Å². The lowest BCUT2D eigenvalue weighted by Gasteiger charge is -2.26. The molecule has 1 aromatic carbocycles. The van der Waals surface area contributed by atoms with Gasteiger partial charge in [-0.05, 0) is 23.5 Å². The molecule has 1 N–H and O–H groups in total. The predicted molar refractivity (Wildman–Crippen MR) is 67.7 cm³/mol. The third-order valence-corrected chi connectivity index (χ3v) is 3.32. The largest absolute Gasteiger partial charge is 0.495 e. The molecule has 0 saturated carbocycles. The Morgan fingerprint density at radius 1 is 1.25 bits per heavy atom. The second-order valence-electron chi connectivity index (χ2n) is 4.32. The first-order chi connectivity index (χ1) is 7.42. The molecule has 0 unspecified atom stereocenters. The monoisotopic (exact) mass is 262 g/mol. The van der Waals surface area contributed by atoms with Crippen molar-refractivity contribution in [3.63, 3.8) is 0 Å². The highest BCUT2D eigenvalue weighted by Crippen LogP contribution is 2.38. The quantitative estimate of drug-likeness (QED) is 0.898. The van der Waals surface area contributed by atoms with Crippen LogP contribution in [0.25, 0.3) is 0 Å². The molecule has 1 rings (SSSR count). The SMILES string of the molecule is COc1cc(Cl)c(C(C)(C)CCO)cc1Cl. The van der Waals surface area contributed by atoms with Crippen molar-refractivity contribution in [3.8, 4) is 5.75 Å². The van der Waals surface area contributed by atoms with E-state index in [2.05, 4.69) is 0 Å². The molecule has 0 amide bonds. The van der Waals surface area contributed by atoms with Crippen LogP contribution >= 0.6 is 23.2 Å². The van der Waals surface area contributed by atoms with Crippen molar-refractivity contribution >= 4 is 23.2 Å². The number of methoxy groups -OCH3 is 1. The number of aliphatic hydroxyl groups excluding tert-OH is 1. The van der Waals surface area contributed by atoms with E-state index < -0.39 is 0 Å². The van der Waals surface area contributed by atoms with Gasteiger partial charge in [-0.3, -0.25) is 0 Å². The molecule has 0 heterocycles. The molecular formula is C12H16Cl2O2. The molecular weight excluding hydrogens is 247 g/mol. The fourth-order valence-corrected chi connectivity index (χ4v) is 2.27. The number of ether oxygens (including phenoxy) is 1. The molecule has 2 nitrogen and oxygen atoms in total. The predicted octanol–water partition coefficient (Wildman–Crippen LogP) is 3.66. The third-order valence-electron chi connectivity index (χ3n) is 2.71. The zero-order valence-electron chi connectivity index (χ0n) is 9.68. The van der Waals surface area contributed by atoms with E-state index in [9.17, 15) is 0 Å². The lowest BCUT2D eigenvalue weighted by atomic mass is 9.82. The zero-order valence-corrected chi connectivity index (χ0v) is 11.2. The summed E-state index contributed by atoms with van der Waals surface area (Å²) in [6, 6.07) is 3.51. The van der Waals surface area contributed by atoms with Crippen LogP contribution in [0.3, 0.4) is 0 Å². The topological polar surface area (TPSA) is 29.5 Å². The van der Waals surface area contributed by atoms with E-state index in [4.69, 9.17) is 33.0 Å². The summed E-state index contributed by atoms with van der Waals surface area (Å²) in [5, 5.41) is 10.2. The van der Waals surface area contributed by atoms with Crippen LogP contribution in [-0.4, -0.2) is 18.8 Å². The lowest BCUT2D eigenvalue weighted by molar-refractivity contribution is 0.252. The number of halogens is 2. The Bertz CT molecular complexity index is 376. The van der Waals surface area contributed by atoms with Gasteiger partial charge in [0.1, 0.15) is 5.75 Å². The van der Waals surface area contributed by atoms with Crippen LogP contribution in [-0.2, 0) is 5.41 Å². The summed E-state index contributed by atoms with van der Waals surface area (Å²) >= 11 is 12.2. The first-order valence-corrected chi connectivity index (χ1v) is 5.82. The summed E-state index contributed by atoms with van der Waals surface area (Å²) in [4.78, 5) is 0. The number of rotatable bonds is 4. The minimum Gasteiger partial charge on any atom is -0.495 e. The molecule has 0 spiro atoms. The Morgan fingerprint density at radius 3 is 2.38 bits per heavy atom. The molecule has 0 aliphatic carbocycles. The van der Waals surface area contributed by atoms with Gasteiger partial charge in [0, 0.05) is 17.7 Å². The second kappa shape index (κ2) is 5.26. The van der Waals surface area contributed by atoms with Gasteiger partial charge < -0.3 is 9.84 Å². The van der Waals surface area contributed by atoms with Gasteiger partial charge in [0.25, 0.3) is 0 Å². The number of hydrogen-bond donors (Lipinski definition) is 1. The summed E-state index contributed by atoms with van der Waals surface area (Å²) in [5.41, 5.74) is 0.718. The summed E-state index contributed by atoms with van der Waals surface area (Å²) in [6.07, 6.45) is 0.634. The van der Waals surface area contributed by atoms with Crippen molar-refractivity contribution in [2.24, 2.45) is 0 Å². The number of benzene rings is 1. The Kier molecular flexibility index (Phi) is 4.48. The van der Waals surface area contributed by atoms with Crippen molar-refractivity contribution in [3.05, 3.63) is 27.7 Å². The van der Waals surface area contributed by atoms with Crippen molar-refractivity contribution in [2.45, 2.75) is 25.7 Å². The molecule has 0 aliphatic heterocycles. The molecule has 0 bridgehead atoms. The van der Waals surface area contributed by atoms with Gasteiger partial charge in [0.2, 0.25) is 0 Å². The van der Waals surface area contributed by atoms with Crippen LogP contribution in [0.15, 0.2) is 12.1 Å². The average Bonchev–Trinajstić information content (AvgIpc) is 2.20. The molecule has 0 atom stereocenters. The van der Waals surface area contributed by atoms with Gasteiger partial charge in [-0.1, -0.05) is 37.0 Å². The maximum Gasteiger partial charge on any atom is 0.138 e. The van der Waals surface area contributed by atoms with Crippen LogP contribution in [0.2, 0.25) is 10.0 Å². The Labute approximate surface area is 106 Å². The molecule has 0 fully saturated rings. The highest BCUT2D eigenvalue weighted by Gasteiger charge is 2.24. The average molecular weight is 263 g/mol. The standard InChI is InChI=1S/C12H16Cl2O2/c1-12(2,4-5-15)8-6-10(14)11(16-3)7-9(8)13/h6-7,15H,4-5H2,1-3H3. The normalized spacial score (nSPS) is 11.6. The highest BCUT2D eigenvalue weighted by atomic mass is 35.5. The van der Waals surface area contributed by atoms with Gasteiger partial charge in [0.05, 0.1) is 12.1 Å². The zero-order chi connectivity index (χ0) is 12.3. The third kappa shape index (κ3) is 2.82. The molecule has 0 aromatic heterocycles. The molecule has 0 saturated heterocycles. The van der Waals surface area contributed by atoms with Gasteiger partial charge in [-0.25, -0.2) is 0 Å². The number of hydrogen-bond acceptors (Lipinski definition) is 2. The van der Waals surface area contributed by atoms with Crippen molar-refractivity contribution < 1.29 is 9.84 Å². The van der Waals surface area contributed by atoms with Gasteiger partial charge in [-0.15, -0.1) is 0 Å². The maximum atomic E-state index is 9.02.